The van der Waals surface area contributed by atoms with E-state index in [1.54, 1.807) is 4.57 Å². The first-order chi connectivity index (χ1) is 14.4. The molecule has 1 saturated carbocycles. The topological polar surface area (TPSA) is 109 Å². The predicted octanol–water partition coefficient (Wildman–Crippen LogP) is 2.98. The molecule has 0 atom stereocenters. The summed E-state index contributed by atoms with van der Waals surface area (Å²) in [7, 11) is 0. The summed E-state index contributed by atoms with van der Waals surface area (Å²) in [4.78, 5) is 44.3. The van der Waals surface area contributed by atoms with Gasteiger partial charge in [0, 0.05) is 42.1 Å². The van der Waals surface area contributed by atoms with Gasteiger partial charge in [0.15, 0.2) is 11.1 Å². The van der Waals surface area contributed by atoms with Crippen LogP contribution < -0.4 is 5.56 Å². The van der Waals surface area contributed by atoms with Crippen molar-refractivity contribution in [2.24, 2.45) is 0 Å². The molecule has 2 amide bonds. The fourth-order valence-electron chi connectivity index (χ4n) is 4.04. The minimum absolute atomic E-state index is 0.136. The first-order valence-corrected chi connectivity index (χ1v) is 10.6. The Kier molecular flexibility index (Phi) is 4.35. The van der Waals surface area contributed by atoms with Crippen LogP contribution in [-0.2, 0) is 0 Å². The summed E-state index contributed by atoms with van der Waals surface area (Å²) in [5, 5.41) is 9.82. The Balaban J connectivity index is 1.61. The maximum atomic E-state index is 13.2. The zero-order chi connectivity index (χ0) is 21.2. The minimum atomic E-state index is -1.00. The number of rotatable bonds is 2. The Bertz CT molecular complexity index is 1270. The lowest BCUT2D eigenvalue weighted by atomic mass is 10.1. The Labute approximate surface area is 179 Å². The second kappa shape index (κ2) is 6.83. The molecule has 2 fully saturated rings. The highest BCUT2D eigenvalue weighted by Gasteiger charge is 2.32. The van der Waals surface area contributed by atoms with Gasteiger partial charge in [-0.1, -0.05) is 15.9 Å². The second-order valence-electron chi connectivity index (χ2n) is 7.73. The van der Waals surface area contributed by atoms with Gasteiger partial charge in [-0.2, -0.15) is 4.98 Å². The molecule has 30 heavy (non-hydrogen) atoms. The predicted molar refractivity (Wildman–Crippen MR) is 112 cm³/mol. The van der Waals surface area contributed by atoms with E-state index < -0.39 is 12.0 Å². The molecule has 1 aliphatic heterocycles. The zero-order valence-electron chi connectivity index (χ0n) is 16.2. The average molecular weight is 475 g/mol. The number of carboxylic acid groups (broad SMARTS) is 1. The van der Waals surface area contributed by atoms with Crippen molar-refractivity contribution in [1.29, 1.82) is 0 Å². The molecule has 1 aliphatic carbocycles. The van der Waals surface area contributed by atoms with Crippen LogP contribution in [0.1, 0.15) is 35.1 Å². The lowest BCUT2D eigenvalue weighted by Gasteiger charge is -2.32. The van der Waals surface area contributed by atoms with E-state index in [-0.39, 0.29) is 49.2 Å². The number of piperazine rings is 1. The van der Waals surface area contributed by atoms with E-state index in [1.807, 2.05) is 19.1 Å². The third-order valence-corrected chi connectivity index (χ3v) is 6.69. The van der Waals surface area contributed by atoms with Gasteiger partial charge in [0.25, 0.3) is 11.4 Å². The molecule has 3 heterocycles. The van der Waals surface area contributed by atoms with Gasteiger partial charge in [-0.15, -0.1) is 0 Å². The number of hydrogen-bond donors (Lipinski definition) is 1. The van der Waals surface area contributed by atoms with Gasteiger partial charge in [0.2, 0.25) is 0 Å². The highest BCUT2D eigenvalue weighted by atomic mass is 79.9. The van der Waals surface area contributed by atoms with Crippen LogP contribution in [-0.4, -0.2) is 62.6 Å². The van der Waals surface area contributed by atoms with E-state index in [9.17, 15) is 14.4 Å². The molecule has 1 N–H and O–H groups in total. The van der Waals surface area contributed by atoms with E-state index in [0.717, 1.165) is 33.8 Å². The van der Waals surface area contributed by atoms with Crippen molar-refractivity contribution < 1.29 is 19.1 Å². The molecule has 1 aromatic carbocycles. The third kappa shape index (κ3) is 2.89. The molecule has 3 aromatic rings. The van der Waals surface area contributed by atoms with Crippen LogP contribution in [0.2, 0.25) is 0 Å². The van der Waals surface area contributed by atoms with E-state index >= 15 is 0 Å². The van der Waals surface area contributed by atoms with E-state index in [1.165, 1.54) is 9.80 Å². The lowest BCUT2D eigenvalue weighted by Crippen LogP contribution is -2.50. The number of amides is 2. The second-order valence-corrected chi connectivity index (χ2v) is 8.59. The summed E-state index contributed by atoms with van der Waals surface area (Å²) in [6, 6.07) is 3.91. The number of nitrogens with zero attached hydrogens (tertiary/aromatic N) is 4. The Hall–Kier alpha value is -2.88. The SMILES string of the molecule is Cc1c(Br)ccc2c3oc(C(=O)N4CCN(C(=O)O)CC4)nc3c(=O)n(C3CC3)c12. The minimum Gasteiger partial charge on any atom is -0.465 e. The van der Waals surface area contributed by atoms with Crippen LogP contribution in [0.3, 0.4) is 0 Å². The molecule has 0 radical (unpaired) electrons. The van der Waals surface area contributed by atoms with Crippen molar-refractivity contribution >= 4 is 49.9 Å². The van der Waals surface area contributed by atoms with Gasteiger partial charge in [-0.3, -0.25) is 9.59 Å². The van der Waals surface area contributed by atoms with Crippen molar-refractivity contribution in [2.75, 3.05) is 26.2 Å². The van der Waals surface area contributed by atoms with Crippen molar-refractivity contribution in [3.8, 4) is 0 Å². The first kappa shape index (κ1) is 19.1. The number of halogens is 1. The van der Waals surface area contributed by atoms with E-state index in [0.29, 0.717) is 5.58 Å². The highest BCUT2D eigenvalue weighted by Crippen LogP contribution is 2.39. The maximum absolute atomic E-state index is 13.2. The maximum Gasteiger partial charge on any atom is 0.407 e. The molecule has 2 aromatic heterocycles. The van der Waals surface area contributed by atoms with Crippen LogP contribution in [0.25, 0.3) is 22.0 Å². The number of benzene rings is 1. The summed E-state index contributed by atoms with van der Waals surface area (Å²) in [6.45, 7) is 2.91. The zero-order valence-corrected chi connectivity index (χ0v) is 17.8. The molecule has 1 saturated heterocycles. The fraction of sp³-hybridized carbons (Fsp3) is 0.400. The van der Waals surface area contributed by atoms with E-state index in [2.05, 4.69) is 20.9 Å². The van der Waals surface area contributed by atoms with Gasteiger partial charge in [-0.05, 0) is 37.5 Å². The normalized spacial score (nSPS) is 17.1. The van der Waals surface area contributed by atoms with Crippen molar-refractivity contribution in [2.45, 2.75) is 25.8 Å². The largest absolute Gasteiger partial charge is 0.465 e. The summed E-state index contributed by atoms with van der Waals surface area (Å²) < 4.78 is 8.52. The summed E-state index contributed by atoms with van der Waals surface area (Å²) >= 11 is 3.54. The van der Waals surface area contributed by atoms with Crippen LogP contribution >= 0.6 is 15.9 Å². The number of aromatic nitrogens is 2. The van der Waals surface area contributed by atoms with Gasteiger partial charge in [0.05, 0.1) is 5.52 Å². The van der Waals surface area contributed by atoms with Crippen LogP contribution in [0.4, 0.5) is 4.79 Å². The number of carbonyl (C=O) groups is 2. The summed E-state index contributed by atoms with van der Waals surface area (Å²) in [5.74, 6) is -0.572. The molecule has 5 rings (SSSR count). The highest BCUT2D eigenvalue weighted by molar-refractivity contribution is 9.10. The van der Waals surface area contributed by atoms with Crippen LogP contribution in [0.15, 0.2) is 25.8 Å². The third-order valence-electron chi connectivity index (χ3n) is 5.83. The molecule has 0 bridgehead atoms. The number of pyridine rings is 1. The number of oxazole rings is 1. The standard InChI is InChI=1S/C20H19BrN4O5/c1-10-13(21)5-4-12-15(10)25(11-2-3-11)18(26)14-16(12)30-17(22-14)19(27)23-6-8-24(9-7-23)20(28)29/h4-5,11H,2-3,6-9H2,1H3,(H,28,29). The number of carbonyl (C=O) groups excluding carboxylic acids is 1. The van der Waals surface area contributed by atoms with Crippen molar-refractivity contribution in [1.82, 2.24) is 19.4 Å². The molecular formula is C20H19BrN4O5. The molecule has 9 nitrogen and oxygen atoms in total. The molecule has 0 unspecified atom stereocenters. The molecule has 2 aliphatic rings. The van der Waals surface area contributed by atoms with Crippen molar-refractivity contribution in [3.63, 3.8) is 0 Å². The summed E-state index contributed by atoms with van der Waals surface area (Å²) in [5.41, 5.74) is 1.96. The summed E-state index contributed by atoms with van der Waals surface area (Å²) in [6.07, 6.45) is 0.867. The van der Waals surface area contributed by atoms with Crippen LogP contribution in [0, 0.1) is 6.92 Å². The smallest absolute Gasteiger partial charge is 0.407 e. The monoisotopic (exact) mass is 474 g/mol. The number of aryl methyl sites for hydroxylation is 1. The number of fused-ring (bicyclic) bond motifs is 3. The Morgan fingerprint density at radius 2 is 1.83 bits per heavy atom. The van der Waals surface area contributed by atoms with Gasteiger partial charge < -0.3 is 23.9 Å². The quantitative estimate of drug-likeness (QED) is 0.611. The fourth-order valence-corrected chi connectivity index (χ4v) is 4.36. The Morgan fingerprint density at radius 1 is 1.17 bits per heavy atom. The van der Waals surface area contributed by atoms with Gasteiger partial charge >= 0.3 is 12.0 Å². The molecular weight excluding hydrogens is 456 g/mol. The molecule has 156 valence electrons. The molecule has 0 spiro atoms. The molecule has 10 heteroatoms. The van der Waals surface area contributed by atoms with Crippen molar-refractivity contribution in [3.05, 3.63) is 38.4 Å². The van der Waals surface area contributed by atoms with Crippen LogP contribution in [0.5, 0.6) is 0 Å². The van der Waals surface area contributed by atoms with Gasteiger partial charge in [-0.25, -0.2) is 4.79 Å². The number of hydrogen-bond acceptors (Lipinski definition) is 5. The van der Waals surface area contributed by atoms with E-state index in [4.69, 9.17) is 9.52 Å². The average Bonchev–Trinajstić information content (AvgIpc) is 3.47. The van der Waals surface area contributed by atoms with Gasteiger partial charge in [0.1, 0.15) is 0 Å². The first-order valence-electron chi connectivity index (χ1n) is 9.78. The lowest BCUT2D eigenvalue weighted by molar-refractivity contribution is 0.0591. The Morgan fingerprint density at radius 3 is 2.47 bits per heavy atom.